The summed E-state index contributed by atoms with van der Waals surface area (Å²) in [6.07, 6.45) is 6.48. The molecule has 150 valence electrons. The molecule has 2 aliphatic rings. The molecule has 6 heteroatoms. The molecule has 1 saturated heterocycles. The van der Waals surface area contributed by atoms with Crippen molar-refractivity contribution in [2.24, 2.45) is 0 Å². The topological polar surface area (TPSA) is 68.2 Å². The quantitative estimate of drug-likeness (QED) is 0.802. The van der Waals surface area contributed by atoms with Crippen molar-refractivity contribution in [2.45, 2.75) is 70.1 Å². The summed E-state index contributed by atoms with van der Waals surface area (Å²) in [7, 11) is 0. The maximum absolute atomic E-state index is 12.7. The molecule has 1 aliphatic carbocycles. The van der Waals surface area contributed by atoms with Gasteiger partial charge >= 0.3 is 6.03 Å². The Morgan fingerprint density at radius 2 is 2.00 bits per heavy atom. The number of hydrogen-bond acceptors (Lipinski definition) is 3. The molecule has 28 heavy (non-hydrogen) atoms. The summed E-state index contributed by atoms with van der Waals surface area (Å²) in [4.78, 5) is 12.7. The lowest BCUT2D eigenvalue weighted by atomic mass is 9.89. The zero-order chi connectivity index (χ0) is 19.6. The van der Waals surface area contributed by atoms with Gasteiger partial charge in [-0.1, -0.05) is 43.2 Å². The standard InChI is InChI=1S/C22H30N4O2/c1-16(2)26-20(14-19(25-26)17-8-4-3-5-9-17)24-21(27)23-18-10-13-28-22(15-18)11-6-7-12-22/h3-5,8-9,14,16,18H,6-7,10-13,15H2,1-2H3,(H2,23,24,27). The van der Waals surface area contributed by atoms with Crippen molar-refractivity contribution in [3.05, 3.63) is 36.4 Å². The molecule has 2 amide bonds. The first-order chi connectivity index (χ1) is 13.5. The number of amides is 2. The van der Waals surface area contributed by atoms with Gasteiger partial charge in [0.15, 0.2) is 0 Å². The molecule has 6 nitrogen and oxygen atoms in total. The first-order valence-electron chi connectivity index (χ1n) is 10.4. The lowest BCUT2D eigenvalue weighted by Gasteiger charge is -2.38. The Balaban J connectivity index is 1.44. The van der Waals surface area contributed by atoms with Gasteiger partial charge in [-0.2, -0.15) is 5.10 Å². The van der Waals surface area contributed by atoms with E-state index in [2.05, 4.69) is 24.5 Å². The average Bonchev–Trinajstić information content (AvgIpc) is 3.30. The number of nitrogens with zero attached hydrogens (tertiary/aromatic N) is 2. The molecule has 1 saturated carbocycles. The zero-order valence-electron chi connectivity index (χ0n) is 16.8. The van der Waals surface area contributed by atoms with Crippen molar-refractivity contribution >= 4 is 11.8 Å². The van der Waals surface area contributed by atoms with Crippen LogP contribution in [0.1, 0.15) is 58.4 Å². The fourth-order valence-electron chi connectivity index (χ4n) is 4.49. The Morgan fingerprint density at radius 1 is 1.25 bits per heavy atom. The van der Waals surface area contributed by atoms with Gasteiger partial charge in [0.1, 0.15) is 5.82 Å². The first-order valence-corrected chi connectivity index (χ1v) is 10.4. The van der Waals surface area contributed by atoms with Crippen molar-refractivity contribution in [2.75, 3.05) is 11.9 Å². The summed E-state index contributed by atoms with van der Waals surface area (Å²) in [5, 5.41) is 10.9. The molecular formula is C22H30N4O2. The van der Waals surface area contributed by atoms with Gasteiger partial charge in [-0.15, -0.1) is 0 Å². The number of anilines is 1. The normalized spacial score (nSPS) is 21.2. The van der Waals surface area contributed by atoms with Crippen molar-refractivity contribution in [1.82, 2.24) is 15.1 Å². The van der Waals surface area contributed by atoms with E-state index in [0.717, 1.165) is 43.5 Å². The van der Waals surface area contributed by atoms with E-state index < -0.39 is 0 Å². The number of hydrogen-bond donors (Lipinski definition) is 2. The van der Waals surface area contributed by atoms with E-state index in [-0.39, 0.29) is 23.7 Å². The molecule has 2 fully saturated rings. The Kier molecular flexibility index (Phi) is 5.40. The summed E-state index contributed by atoms with van der Waals surface area (Å²) in [5.41, 5.74) is 1.90. The highest BCUT2D eigenvalue weighted by molar-refractivity contribution is 5.89. The molecule has 1 aliphatic heterocycles. The maximum Gasteiger partial charge on any atom is 0.320 e. The summed E-state index contributed by atoms with van der Waals surface area (Å²) in [6.45, 7) is 4.85. The van der Waals surface area contributed by atoms with E-state index in [4.69, 9.17) is 9.84 Å². The third kappa shape index (κ3) is 4.07. The SMILES string of the molecule is CC(C)n1nc(-c2ccccc2)cc1NC(=O)NC1CCOC2(CCCC2)C1. The third-order valence-corrected chi connectivity index (χ3v) is 5.88. The highest BCUT2D eigenvalue weighted by atomic mass is 16.5. The summed E-state index contributed by atoms with van der Waals surface area (Å²) >= 11 is 0. The van der Waals surface area contributed by atoms with E-state index in [1.165, 1.54) is 12.8 Å². The van der Waals surface area contributed by atoms with Gasteiger partial charge in [-0.3, -0.25) is 5.32 Å². The molecular weight excluding hydrogens is 352 g/mol. The number of carbonyl (C=O) groups is 1. The largest absolute Gasteiger partial charge is 0.375 e. The van der Waals surface area contributed by atoms with Crippen LogP contribution in [0.3, 0.4) is 0 Å². The highest BCUT2D eigenvalue weighted by Gasteiger charge is 2.40. The monoisotopic (exact) mass is 382 g/mol. The van der Waals surface area contributed by atoms with Crippen LogP contribution in [-0.2, 0) is 4.74 Å². The van der Waals surface area contributed by atoms with Gasteiger partial charge < -0.3 is 10.1 Å². The van der Waals surface area contributed by atoms with Crippen LogP contribution in [0.2, 0.25) is 0 Å². The van der Waals surface area contributed by atoms with E-state index in [9.17, 15) is 4.79 Å². The van der Waals surface area contributed by atoms with Gasteiger partial charge in [0.2, 0.25) is 0 Å². The van der Waals surface area contributed by atoms with Crippen LogP contribution < -0.4 is 10.6 Å². The second kappa shape index (κ2) is 7.95. The average molecular weight is 383 g/mol. The van der Waals surface area contributed by atoms with Crippen molar-refractivity contribution < 1.29 is 9.53 Å². The van der Waals surface area contributed by atoms with Crippen LogP contribution in [0, 0.1) is 0 Å². The Bertz CT molecular complexity index is 809. The summed E-state index contributed by atoms with van der Waals surface area (Å²) in [5.74, 6) is 0.717. The number of carbonyl (C=O) groups excluding carboxylic acids is 1. The Hall–Kier alpha value is -2.34. The second-order valence-corrected chi connectivity index (χ2v) is 8.35. The van der Waals surface area contributed by atoms with Gasteiger partial charge in [-0.05, 0) is 39.5 Å². The van der Waals surface area contributed by atoms with Gasteiger partial charge in [0, 0.05) is 30.3 Å². The first kappa shape index (κ1) is 19.0. The predicted octanol–water partition coefficient (Wildman–Crippen LogP) is 4.74. The van der Waals surface area contributed by atoms with Crippen LogP contribution in [-0.4, -0.2) is 34.1 Å². The molecule has 2 heterocycles. The predicted molar refractivity (Wildman–Crippen MR) is 110 cm³/mol. The molecule has 2 aromatic rings. The van der Waals surface area contributed by atoms with Crippen LogP contribution >= 0.6 is 0 Å². The number of ether oxygens (including phenoxy) is 1. The van der Waals surface area contributed by atoms with Crippen molar-refractivity contribution in [3.63, 3.8) is 0 Å². The van der Waals surface area contributed by atoms with E-state index in [1.807, 2.05) is 41.1 Å². The molecule has 1 aromatic carbocycles. The Labute approximate surface area is 166 Å². The zero-order valence-corrected chi connectivity index (χ0v) is 16.8. The lowest BCUT2D eigenvalue weighted by Crippen LogP contribution is -2.48. The van der Waals surface area contributed by atoms with Gasteiger partial charge in [0.25, 0.3) is 0 Å². The molecule has 0 radical (unpaired) electrons. The minimum atomic E-state index is -0.165. The molecule has 1 atom stereocenters. The minimum absolute atomic E-state index is 0.00359. The van der Waals surface area contributed by atoms with E-state index in [0.29, 0.717) is 5.82 Å². The number of rotatable bonds is 4. The molecule has 1 unspecified atom stereocenters. The Morgan fingerprint density at radius 3 is 2.71 bits per heavy atom. The summed E-state index contributed by atoms with van der Waals surface area (Å²) < 4.78 is 7.94. The fraction of sp³-hybridized carbons (Fsp3) is 0.545. The number of urea groups is 1. The summed E-state index contributed by atoms with van der Waals surface area (Å²) in [6, 6.07) is 12.1. The molecule has 2 N–H and O–H groups in total. The van der Waals surface area contributed by atoms with Crippen LogP contribution in [0.5, 0.6) is 0 Å². The fourth-order valence-corrected chi connectivity index (χ4v) is 4.49. The lowest BCUT2D eigenvalue weighted by molar-refractivity contribution is -0.0818. The second-order valence-electron chi connectivity index (χ2n) is 8.35. The van der Waals surface area contributed by atoms with Crippen molar-refractivity contribution in [1.29, 1.82) is 0 Å². The van der Waals surface area contributed by atoms with E-state index in [1.54, 1.807) is 0 Å². The molecule has 1 spiro atoms. The van der Waals surface area contributed by atoms with Crippen molar-refractivity contribution in [3.8, 4) is 11.3 Å². The highest BCUT2D eigenvalue weighted by Crippen LogP contribution is 2.40. The molecule has 4 rings (SSSR count). The molecule has 1 aromatic heterocycles. The van der Waals surface area contributed by atoms with Crippen LogP contribution in [0.4, 0.5) is 10.6 Å². The molecule has 0 bridgehead atoms. The van der Waals surface area contributed by atoms with Gasteiger partial charge in [0.05, 0.1) is 11.3 Å². The van der Waals surface area contributed by atoms with Gasteiger partial charge in [-0.25, -0.2) is 9.48 Å². The third-order valence-electron chi connectivity index (χ3n) is 5.88. The number of aromatic nitrogens is 2. The van der Waals surface area contributed by atoms with Crippen LogP contribution in [0.25, 0.3) is 11.3 Å². The van der Waals surface area contributed by atoms with Crippen LogP contribution in [0.15, 0.2) is 36.4 Å². The number of benzene rings is 1. The minimum Gasteiger partial charge on any atom is -0.375 e. The smallest absolute Gasteiger partial charge is 0.320 e. The number of nitrogens with one attached hydrogen (secondary N) is 2. The maximum atomic E-state index is 12.7. The van der Waals surface area contributed by atoms with E-state index >= 15 is 0 Å².